The third-order valence-corrected chi connectivity index (χ3v) is 2.52. The summed E-state index contributed by atoms with van der Waals surface area (Å²) in [6.45, 7) is 0.545. The first-order valence-electron chi connectivity index (χ1n) is 5.55. The largest absolute Gasteiger partial charge is 0.419 e. The van der Waals surface area contributed by atoms with Crippen LogP contribution >= 0.6 is 0 Å². The fourth-order valence-electron chi connectivity index (χ4n) is 1.75. The standard InChI is InChI=1S/C12H11N5O/c1-13-7-10-16-17-12(18-10)8-3-2-4-9-11(8)15-6-5-14-9/h2-6,13H,7H2,1H3. The predicted molar refractivity (Wildman–Crippen MR) is 65.6 cm³/mol. The highest BCUT2D eigenvalue weighted by Gasteiger charge is 2.12. The minimum atomic E-state index is 0.464. The van der Waals surface area contributed by atoms with Crippen LogP contribution in [0.3, 0.4) is 0 Å². The molecule has 0 bridgehead atoms. The minimum Gasteiger partial charge on any atom is -0.419 e. The normalized spacial score (nSPS) is 10.9. The first kappa shape index (κ1) is 10.8. The van der Waals surface area contributed by atoms with Gasteiger partial charge in [-0.15, -0.1) is 10.2 Å². The number of nitrogens with one attached hydrogen (secondary N) is 1. The van der Waals surface area contributed by atoms with Crippen molar-refractivity contribution in [2.45, 2.75) is 6.54 Å². The Morgan fingerprint density at radius 3 is 2.94 bits per heavy atom. The van der Waals surface area contributed by atoms with Crippen LogP contribution in [0.1, 0.15) is 5.89 Å². The molecule has 3 rings (SSSR count). The second-order valence-electron chi connectivity index (χ2n) is 3.76. The van der Waals surface area contributed by atoms with E-state index in [9.17, 15) is 0 Å². The lowest BCUT2D eigenvalue weighted by molar-refractivity contribution is 0.490. The van der Waals surface area contributed by atoms with Gasteiger partial charge in [0.2, 0.25) is 11.8 Å². The maximum absolute atomic E-state index is 5.57. The van der Waals surface area contributed by atoms with Crippen molar-refractivity contribution in [3.05, 3.63) is 36.5 Å². The molecule has 0 spiro atoms. The third kappa shape index (κ3) is 1.82. The lowest BCUT2D eigenvalue weighted by Gasteiger charge is -1.99. The number of aromatic nitrogens is 4. The zero-order chi connectivity index (χ0) is 12.4. The molecule has 18 heavy (non-hydrogen) atoms. The molecule has 2 aromatic heterocycles. The molecule has 90 valence electrons. The van der Waals surface area contributed by atoms with Crippen molar-refractivity contribution >= 4 is 11.0 Å². The lowest BCUT2D eigenvalue weighted by Crippen LogP contribution is -2.04. The first-order valence-corrected chi connectivity index (χ1v) is 5.55. The average Bonchev–Trinajstić information content (AvgIpc) is 2.87. The van der Waals surface area contributed by atoms with Crippen molar-refractivity contribution in [2.75, 3.05) is 7.05 Å². The Labute approximate surface area is 103 Å². The topological polar surface area (TPSA) is 76.7 Å². The molecule has 3 aromatic rings. The summed E-state index contributed by atoms with van der Waals surface area (Å²) in [5.74, 6) is 1.01. The SMILES string of the molecule is CNCc1nnc(-c2cccc3nccnc23)o1. The van der Waals surface area contributed by atoms with Gasteiger partial charge in [0.05, 0.1) is 17.6 Å². The number of para-hydroxylation sites is 1. The molecule has 0 aliphatic heterocycles. The van der Waals surface area contributed by atoms with Gasteiger partial charge < -0.3 is 9.73 Å². The summed E-state index contributed by atoms with van der Waals surface area (Å²) in [6, 6.07) is 5.69. The van der Waals surface area contributed by atoms with E-state index in [0.29, 0.717) is 18.3 Å². The fourth-order valence-corrected chi connectivity index (χ4v) is 1.75. The Balaban J connectivity index is 2.12. The zero-order valence-electron chi connectivity index (χ0n) is 9.79. The van der Waals surface area contributed by atoms with Crippen LogP contribution in [-0.2, 0) is 6.54 Å². The number of rotatable bonds is 3. The number of nitrogens with zero attached hydrogens (tertiary/aromatic N) is 4. The Morgan fingerprint density at radius 2 is 2.06 bits per heavy atom. The molecule has 6 heteroatoms. The zero-order valence-corrected chi connectivity index (χ0v) is 9.79. The van der Waals surface area contributed by atoms with Crippen molar-refractivity contribution in [1.82, 2.24) is 25.5 Å². The highest BCUT2D eigenvalue weighted by molar-refractivity contribution is 5.88. The quantitative estimate of drug-likeness (QED) is 0.746. The molecule has 0 atom stereocenters. The molecular weight excluding hydrogens is 230 g/mol. The van der Waals surface area contributed by atoms with E-state index in [-0.39, 0.29) is 0 Å². The second-order valence-corrected chi connectivity index (χ2v) is 3.76. The van der Waals surface area contributed by atoms with Crippen molar-refractivity contribution in [3.63, 3.8) is 0 Å². The van der Waals surface area contributed by atoms with Gasteiger partial charge in [-0.2, -0.15) is 0 Å². The number of hydrogen-bond donors (Lipinski definition) is 1. The molecule has 1 aromatic carbocycles. The van der Waals surface area contributed by atoms with Crippen molar-refractivity contribution in [3.8, 4) is 11.5 Å². The van der Waals surface area contributed by atoms with Crippen LogP contribution in [-0.4, -0.2) is 27.2 Å². The van der Waals surface area contributed by atoms with Gasteiger partial charge in [-0.1, -0.05) is 6.07 Å². The molecule has 0 aliphatic rings. The predicted octanol–water partition coefficient (Wildman–Crippen LogP) is 1.40. The highest BCUT2D eigenvalue weighted by Crippen LogP contribution is 2.24. The van der Waals surface area contributed by atoms with Crippen LogP contribution in [0, 0.1) is 0 Å². The summed E-state index contributed by atoms with van der Waals surface area (Å²) >= 11 is 0. The molecule has 0 fully saturated rings. The van der Waals surface area contributed by atoms with E-state index < -0.39 is 0 Å². The summed E-state index contributed by atoms with van der Waals surface area (Å²) in [5, 5.41) is 11.0. The Bertz CT molecular complexity index is 674. The summed E-state index contributed by atoms with van der Waals surface area (Å²) in [5.41, 5.74) is 2.37. The van der Waals surface area contributed by atoms with Gasteiger partial charge >= 0.3 is 0 Å². The Hall–Kier alpha value is -2.34. The van der Waals surface area contributed by atoms with Gasteiger partial charge in [-0.3, -0.25) is 9.97 Å². The van der Waals surface area contributed by atoms with Gasteiger partial charge in [0, 0.05) is 12.4 Å². The Morgan fingerprint density at radius 1 is 1.17 bits per heavy atom. The summed E-state index contributed by atoms with van der Waals surface area (Å²) in [6.07, 6.45) is 3.31. The van der Waals surface area contributed by atoms with Gasteiger partial charge in [0.15, 0.2) is 0 Å². The van der Waals surface area contributed by atoms with Gasteiger partial charge in [0.1, 0.15) is 5.52 Å². The van der Waals surface area contributed by atoms with Crippen LogP contribution in [0.4, 0.5) is 0 Å². The maximum atomic E-state index is 5.57. The summed E-state index contributed by atoms with van der Waals surface area (Å²) < 4.78 is 5.57. The second kappa shape index (κ2) is 4.50. The average molecular weight is 241 g/mol. The number of benzene rings is 1. The molecule has 2 heterocycles. The number of fused-ring (bicyclic) bond motifs is 1. The van der Waals surface area contributed by atoms with E-state index in [4.69, 9.17) is 4.42 Å². The van der Waals surface area contributed by atoms with Crippen LogP contribution < -0.4 is 5.32 Å². The summed E-state index contributed by atoms with van der Waals surface area (Å²) in [7, 11) is 1.83. The molecule has 0 aliphatic carbocycles. The van der Waals surface area contributed by atoms with Crippen LogP contribution in [0.5, 0.6) is 0 Å². The van der Waals surface area contributed by atoms with Crippen LogP contribution in [0.2, 0.25) is 0 Å². The first-order chi connectivity index (χ1) is 8.88. The van der Waals surface area contributed by atoms with Gasteiger partial charge in [-0.25, -0.2) is 0 Å². The smallest absolute Gasteiger partial charge is 0.250 e. The molecule has 0 saturated carbocycles. The van der Waals surface area contributed by atoms with Gasteiger partial charge in [0.25, 0.3) is 0 Å². The van der Waals surface area contributed by atoms with E-state index in [0.717, 1.165) is 16.6 Å². The minimum absolute atomic E-state index is 0.464. The van der Waals surface area contributed by atoms with E-state index >= 15 is 0 Å². The van der Waals surface area contributed by atoms with E-state index in [1.165, 1.54) is 0 Å². The molecule has 0 amide bonds. The van der Waals surface area contributed by atoms with E-state index in [2.05, 4.69) is 25.5 Å². The van der Waals surface area contributed by atoms with Gasteiger partial charge in [-0.05, 0) is 19.2 Å². The third-order valence-electron chi connectivity index (χ3n) is 2.52. The number of hydrogen-bond acceptors (Lipinski definition) is 6. The highest BCUT2D eigenvalue weighted by atomic mass is 16.4. The van der Waals surface area contributed by atoms with Crippen molar-refractivity contribution < 1.29 is 4.42 Å². The molecular formula is C12H11N5O. The molecule has 1 N–H and O–H groups in total. The maximum Gasteiger partial charge on any atom is 0.250 e. The molecule has 6 nitrogen and oxygen atoms in total. The van der Waals surface area contributed by atoms with Crippen LogP contribution in [0.15, 0.2) is 35.0 Å². The lowest BCUT2D eigenvalue weighted by atomic mass is 10.2. The molecule has 0 saturated heterocycles. The van der Waals surface area contributed by atoms with Crippen molar-refractivity contribution in [1.29, 1.82) is 0 Å². The van der Waals surface area contributed by atoms with Crippen molar-refractivity contribution in [2.24, 2.45) is 0 Å². The molecule has 0 unspecified atom stereocenters. The summed E-state index contributed by atoms with van der Waals surface area (Å²) in [4.78, 5) is 8.55. The van der Waals surface area contributed by atoms with E-state index in [1.54, 1.807) is 12.4 Å². The Kier molecular flexibility index (Phi) is 2.70. The monoisotopic (exact) mass is 241 g/mol. The fraction of sp³-hybridized carbons (Fsp3) is 0.167. The molecule has 0 radical (unpaired) electrons. The van der Waals surface area contributed by atoms with E-state index in [1.807, 2.05) is 25.2 Å². The van der Waals surface area contributed by atoms with Crippen LogP contribution in [0.25, 0.3) is 22.5 Å².